The van der Waals surface area contributed by atoms with Gasteiger partial charge < -0.3 is 15.0 Å². The van der Waals surface area contributed by atoms with E-state index in [0.717, 1.165) is 60.8 Å². The topological polar surface area (TPSA) is 66.4 Å². The minimum absolute atomic E-state index is 0.761. The molecule has 0 saturated carbocycles. The number of hydrogen-bond donors (Lipinski definition) is 1. The second kappa shape index (κ2) is 9.97. The van der Waals surface area contributed by atoms with Crippen molar-refractivity contribution in [2.45, 2.75) is 6.54 Å². The molecule has 1 aliphatic heterocycles. The Labute approximate surface area is 197 Å². The predicted octanol–water partition coefficient (Wildman–Crippen LogP) is 4.67. The van der Waals surface area contributed by atoms with Crippen molar-refractivity contribution in [3.8, 4) is 16.5 Å². The lowest BCUT2D eigenvalue weighted by Gasteiger charge is -2.36. The van der Waals surface area contributed by atoms with Crippen molar-refractivity contribution in [3.63, 3.8) is 0 Å². The van der Waals surface area contributed by atoms with Crippen LogP contribution < -0.4 is 15.0 Å². The Morgan fingerprint density at radius 2 is 1.85 bits per heavy atom. The lowest BCUT2D eigenvalue weighted by Crippen LogP contribution is -2.45. The van der Waals surface area contributed by atoms with Crippen molar-refractivity contribution in [3.05, 3.63) is 77.9 Å². The van der Waals surface area contributed by atoms with E-state index in [-0.39, 0.29) is 0 Å². The number of nitrogens with one attached hydrogen (secondary N) is 1. The normalized spacial score (nSPS) is 14.3. The second-order valence-corrected chi connectivity index (χ2v) is 8.78. The number of pyridine rings is 2. The van der Waals surface area contributed by atoms with E-state index in [2.05, 4.69) is 48.3 Å². The maximum atomic E-state index is 5.36. The predicted molar refractivity (Wildman–Crippen MR) is 133 cm³/mol. The van der Waals surface area contributed by atoms with Crippen LogP contribution in [0.4, 0.5) is 17.3 Å². The zero-order chi connectivity index (χ0) is 22.5. The van der Waals surface area contributed by atoms with Gasteiger partial charge in [-0.05, 0) is 35.9 Å². The summed E-state index contributed by atoms with van der Waals surface area (Å²) in [6.07, 6.45) is 3.74. The third kappa shape index (κ3) is 5.30. The number of methoxy groups -OCH3 is 1. The third-order valence-electron chi connectivity index (χ3n) is 5.68. The number of rotatable bonds is 7. The Morgan fingerprint density at radius 1 is 0.970 bits per heavy atom. The molecule has 0 atom stereocenters. The van der Waals surface area contributed by atoms with Crippen LogP contribution in [0.15, 0.2) is 72.4 Å². The van der Waals surface area contributed by atoms with Gasteiger partial charge in [0.25, 0.3) is 0 Å². The average Bonchev–Trinajstić information content (AvgIpc) is 3.41. The van der Waals surface area contributed by atoms with Gasteiger partial charge in [0, 0.05) is 62.3 Å². The number of piperazine rings is 1. The van der Waals surface area contributed by atoms with Crippen molar-refractivity contribution >= 4 is 28.7 Å². The first-order valence-corrected chi connectivity index (χ1v) is 11.8. The van der Waals surface area contributed by atoms with Gasteiger partial charge in [0.2, 0.25) is 0 Å². The Hall–Kier alpha value is -3.49. The summed E-state index contributed by atoms with van der Waals surface area (Å²) in [6.45, 7) is 4.94. The highest BCUT2D eigenvalue weighted by Gasteiger charge is 2.18. The highest BCUT2D eigenvalue weighted by molar-refractivity contribution is 7.13. The molecule has 0 amide bonds. The van der Waals surface area contributed by atoms with Gasteiger partial charge in [-0.2, -0.15) is 0 Å². The first-order chi connectivity index (χ1) is 16.3. The molecule has 3 aromatic heterocycles. The van der Waals surface area contributed by atoms with Gasteiger partial charge in [0.05, 0.1) is 7.11 Å². The second-order valence-electron chi connectivity index (χ2n) is 7.89. The van der Waals surface area contributed by atoms with Gasteiger partial charge in [-0.15, -0.1) is 11.3 Å². The summed E-state index contributed by atoms with van der Waals surface area (Å²) in [4.78, 5) is 18.5. The number of anilines is 3. The number of aromatic nitrogens is 3. The molecule has 5 rings (SSSR count). The van der Waals surface area contributed by atoms with Gasteiger partial charge in [-0.25, -0.2) is 15.0 Å². The maximum absolute atomic E-state index is 5.36. The van der Waals surface area contributed by atoms with Crippen LogP contribution in [0.3, 0.4) is 0 Å². The fourth-order valence-corrected chi connectivity index (χ4v) is 4.53. The summed E-state index contributed by atoms with van der Waals surface area (Å²) < 4.78 is 5.36. The number of benzene rings is 1. The van der Waals surface area contributed by atoms with Gasteiger partial charge in [-0.1, -0.05) is 18.2 Å². The zero-order valence-corrected chi connectivity index (χ0v) is 19.3. The van der Waals surface area contributed by atoms with E-state index in [9.17, 15) is 0 Å². The van der Waals surface area contributed by atoms with Crippen LogP contribution in [-0.2, 0) is 6.54 Å². The van der Waals surface area contributed by atoms with Crippen LogP contribution >= 0.6 is 11.3 Å². The first-order valence-electron chi connectivity index (χ1n) is 11.0. The zero-order valence-electron chi connectivity index (χ0n) is 18.5. The van der Waals surface area contributed by atoms with Gasteiger partial charge >= 0.3 is 0 Å². The fourth-order valence-electron chi connectivity index (χ4n) is 3.93. The van der Waals surface area contributed by atoms with Gasteiger partial charge in [0.1, 0.15) is 28.1 Å². The van der Waals surface area contributed by atoms with E-state index >= 15 is 0 Å². The molecule has 0 unspecified atom stereocenters. The standard InChI is InChI=1S/C25H26N6OS/c1-32-21-5-2-4-20(16-21)31-13-11-30(12-14-31)18-19-8-9-23(27-17-19)29-24-7-3-6-22(28-24)25-26-10-15-33-25/h2-10,15-17H,11-14,18H2,1H3,(H,27,28,29). The van der Waals surface area contributed by atoms with Crippen LogP contribution in [0.2, 0.25) is 0 Å². The minimum atomic E-state index is 0.761. The summed E-state index contributed by atoms with van der Waals surface area (Å²) in [5, 5.41) is 6.16. The summed E-state index contributed by atoms with van der Waals surface area (Å²) in [5.41, 5.74) is 3.29. The molecular formula is C25H26N6OS. The van der Waals surface area contributed by atoms with Crippen LogP contribution in [0.5, 0.6) is 5.75 Å². The van der Waals surface area contributed by atoms with E-state index in [1.54, 1.807) is 24.6 Å². The summed E-state index contributed by atoms with van der Waals surface area (Å²) in [6, 6.07) is 18.3. The molecule has 0 bridgehead atoms. The molecule has 0 radical (unpaired) electrons. The van der Waals surface area contributed by atoms with Crippen LogP contribution in [-0.4, -0.2) is 53.1 Å². The van der Waals surface area contributed by atoms with Crippen molar-refractivity contribution in [1.82, 2.24) is 19.9 Å². The Kier molecular flexibility index (Phi) is 6.46. The third-order valence-corrected chi connectivity index (χ3v) is 6.47. The molecule has 1 aromatic carbocycles. The number of thiazole rings is 1. The van der Waals surface area contributed by atoms with Gasteiger partial charge in [-0.3, -0.25) is 4.90 Å². The molecule has 0 spiro atoms. The molecule has 1 fully saturated rings. The Morgan fingerprint density at radius 3 is 2.61 bits per heavy atom. The molecular weight excluding hydrogens is 432 g/mol. The highest BCUT2D eigenvalue weighted by Crippen LogP contribution is 2.24. The van der Waals surface area contributed by atoms with Crippen LogP contribution in [0, 0.1) is 0 Å². The molecule has 168 valence electrons. The summed E-state index contributed by atoms with van der Waals surface area (Å²) >= 11 is 1.58. The molecule has 4 aromatic rings. The highest BCUT2D eigenvalue weighted by atomic mass is 32.1. The van der Waals surface area contributed by atoms with E-state index in [0.29, 0.717) is 0 Å². The molecule has 0 aliphatic carbocycles. The summed E-state index contributed by atoms with van der Waals surface area (Å²) in [7, 11) is 1.71. The van der Waals surface area contributed by atoms with Crippen LogP contribution in [0.25, 0.3) is 10.7 Å². The number of nitrogens with zero attached hydrogens (tertiary/aromatic N) is 5. The van der Waals surface area contributed by atoms with Crippen molar-refractivity contribution in [1.29, 1.82) is 0 Å². The van der Waals surface area contributed by atoms with E-state index < -0.39 is 0 Å². The lowest BCUT2D eigenvalue weighted by molar-refractivity contribution is 0.249. The first kappa shape index (κ1) is 21.4. The Balaban J connectivity index is 1.15. The SMILES string of the molecule is COc1cccc(N2CCN(Cc3ccc(Nc4cccc(-c5nccs5)n4)nc3)CC2)c1. The molecule has 8 heteroatoms. The summed E-state index contributed by atoms with van der Waals surface area (Å²) in [5.74, 6) is 2.45. The molecule has 4 heterocycles. The maximum Gasteiger partial charge on any atom is 0.141 e. The fraction of sp³-hybridized carbons (Fsp3) is 0.240. The molecule has 1 saturated heterocycles. The monoisotopic (exact) mass is 458 g/mol. The quantitative estimate of drug-likeness (QED) is 0.431. The molecule has 1 N–H and O–H groups in total. The average molecular weight is 459 g/mol. The van der Waals surface area contributed by atoms with Crippen LogP contribution in [0.1, 0.15) is 5.56 Å². The van der Waals surface area contributed by atoms with E-state index in [1.807, 2.05) is 48.0 Å². The molecule has 7 nitrogen and oxygen atoms in total. The van der Waals surface area contributed by atoms with E-state index in [1.165, 1.54) is 11.3 Å². The number of hydrogen-bond acceptors (Lipinski definition) is 8. The smallest absolute Gasteiger partial charge is 0.141 e. The van der Waals surface area contributed by atoms with Crippen molar-refractivity contribution < 1.29 is 4.74 Å². The lowest BCUT2D eigenvalue weighted by atomic mass is 10.2. The largest absolute Gasteiger partial charge is 0.497 e. The van der Waals surface area contributed by atoms with Crippen molar-refractivity contribution in [2.75, 3.05) is 43.5 Å². The van der Waals surface area contributed by atoms with Gasteiger partial charge in [0.15, 0.2) is 0 Å². The van der Waals surface area contributed by atoms with Crippen molar-refractivity contribution in [2.24, 2.45) is 0 Å². The minimum Gasteiger partial charge on any atom is -0.497 e. The molecule has 33 heavy (non-hydrogen) atoms. The van der Waals surface area contributed by atoms with E-state index in [4.69, 9.17) is 4.74 Å². The molecule has 1 aliphatic rings. The number of ether oxygens (including phenoxy) is 1. The Bertz CT molecular complexity index is 1170.